The predicted molar refractivity (Wildman–Crippen MR) is 157 cm³/mol. The second kappa shape index (κ2) is 10.2. The number of carboxylic acids is 1. The topological polar surface area (TPSA) is 67.1 Å². The average Bonchev–Trinajstić information content (AvgIpc) is 3.30. The number of rotatable bonds is 6. The van der Waals surface area contributed by atoms with E-state index >= 15 is 0 Å². The molecule has 39 heavy (non-hydrogen) atoms. The van der Waals surface area contributed by atoms with Crippen LogP contribution in [0.5, 0.6) is 0 Å². The lowest BCUT2D eigenvalue weighted by Gasteiger charge is -2.40. The van der Waals surface area contributed by atoms with Gasteiger partial charge in [0.2, 0.25) is 0 Å². The van der Waals surface area contributed by atoms with E-state index in [1.54, 1.807) is 0 Å². The van der Waals surface area contributed by atoms with Gasteiger partial charge in [0.1, 0.15) is 11.5 Å². The van der Waals surface area contributed by atoms with Gasteiger partial charge in [0.05, 0.1) is 11.3 Å². The second-order valence-electron chi connectivity index (χ2n) is 12.5. The molecule has 6 nitrogen and oxygen atoms in total. The zero-order chi connectivity index (χ0) is 27.9. The molecule has 2 aromatic heterocycles. The molecular weight excluding hydrogens is 486 g/mol. The lowest BCUT2D eigenvalue weighted by molar-refractivity contribution is -0.160. The fourth-order valence-electron chi connectivity index (χ4n) is 5.43. The number of hydrogen-bond donors (Lipinski definition) is 1. The second-order valence-corrected chi connectivity index (χ2v) is 12.5. The van der Waals surface area contributed by atoms with Crippen LogP contribution in [0.25, 0.3) is 28.0 Å². The third-order valence-corrected chi connectivity index (χ3v) is 7.61. The van der Waals surface area contributed by atoms with Crippen LogP contribution in [0.2, 0.25) is 0 Å². The Balaban J connectivity index is 1.68. The van der Waals surface area contributed by atoms with Gasteiger partial charge in [-0.25, -0.2) is 9.78 Å². The number of aliphatic carboxylic acids is 1. The van der Waals surface area contributed by atoms with Crippen molar-refractivity contribution < 1.29 is 14.6 Å². The average molecular weight is 526 g/mol. The Morgan fingerprint density at radius 2 is 1.62 bits per heavy atom. The maximum Gasteiger partial charge on any atom is 0.337 e. The van der Waals surface area contributed by atoms with Crippen molar-refractivity contribution in [3.8, 4) is 22.4 Å². The van der Waals surface area contributed by atoms with Crippen LogP contribution < -0.4 is 4.90 Å². The van der Waals surface area contributed by atoms with Crippen molar-refractivity contribution in [1.82, 2.24) is 9.38 Å². The Labute approximate surface area is 231 Å². The summed E-state index contributed by atoms with van der Waals surface area (Å²) in [4.78, 5) is 20.0. The number of hydrogen-bond acceptors (Lipinski definition) is 4. The summed E-state index contributed by atoms with van der Waals surface area (Å²) in [6.45, 7) is 14.0. The first-order valence-electron chi connectivity index (χ1n) is 13.8. The molecule has 1 unspecified atom stereocenters. The molecule has 1 aliphatic rings. The third-order valence-electron chi connectivity index (χ3n) is 7.61. The molecule has 1 aliphatic heterocycles. The van der Waals surface area contributed by atoms with E-state index in [2.05, 4.69) is 59.5 Å². The summed E-state index contributed by atoms with van der Waals surface area (Å²) < 4.78 is 8.26. The first kappa shape index (κ1) is 26.9. The zero-order valence-corrected chi connectivity index (χ0v) is 23.9. The summed E-state index contributed by atoms with van der Waals surface area (Å²) in [5, 5.41) is 10.3. The molecule has 1 saturated heterocycles. The molecular formula is C33H39N3O3. The van der Waals surface area contributed by atoms with Gasteiger partial charge in [-0.05, 0) is 74.8 Å². The lowest BCUT2D eigenvalue weighted by Crippen LogP contribution is -2.40. The number of aryl methyl sites for hydroxylation is 1. The van der Waals surface area contributed by atoms with Crippen LogP contribution in [0.3, 0.4) is 0 Å². The molecule has 4 aromatic rings. The van der Waals surface area contributed by atoms with Gasteiger partial charge in [-0.15, -0.1) is 0 Å². The van der Waals surface area contributed by atoms with Crippen LogP contribution in [-0.2, 0) is 9.53 Å². The molecule has 1 atom stereocenters. The van der Waals surface area contributed by atoms with Crippen LogP contribution >= 0.6 is 0 Å². The molecule has 204 valence electrons. The van der Waals surface area contributed by atoms with Crippen LogP contribution in [0.1, 0.15) is 64.7 Å². The fraction of sp³-hybridized carbons (Fsp3) is 0.394. The van der Waals surface area contributed by atoms with Gasteiger partial charge >= 0.3 is 5.97 Å². The number of ether oxygens (including phenoxy) is 1. The molecule has 0 saturated carbocycles. The van der Waals surface area contributed by atoms with Crippen molar-refractivity contribution in [1.29, 1.82) is 0 Å². The minimum absolute atomic E-state index is 0.256. The Morgan fingerprint density at radius 1 is 0.974 bits per heavy atom. The Morgan fingerprint density at radius 3 is 2.26 bits per heavy atom. The maximum absolute atomic E-state index is 12.6. The SMILES string of the molecule is Cc1cc2nc(-c3cccc(-c4ccccc4)c3)cn2c(N2CCC(C)(C)CC2)c1C(OC(C)(C)C)C(=O)O. The summed E-state index contributed by atoms with van der Waals surface area (Å²) in [6.07, 6.45) is 3.01. The van der Waals surface area contributed by atoms with Crippen molar-refractivity contribution >= 4 is 17.4 Å². The highest BCUT2D eigenvalue weighted by molar-refractivity contribution is 5.80. The van der Waals surface area contributed by atoms with Gasteiger partial charge < -0.3 is 14.7 Å². The summed E-state index contributed by atoms with van der Waals surface area (Å²) in [7, 11) is 0. The Kier molecular flexibility index (Phi) is 7.02. The number of anilines is 1. The van der Waals surface area contributed by atoms with E-state index < -0.39 is 17.7 Å². The number of benzene rings is 2. The van der Waals surface area contributed by atoms with E-state index in [0.29, 0.717) is 5.56 Å². The minimum Gasteiger partial charge on any atom is -0.479 e. The summed E-state index contributed by atoms with van der Waals surface area (Å²) in [5.41, 5.74) is 6.16. The molecule has 1 N–H and O–H groups in total. The number of carboxylic acid groups (broad SMARTS) is 1. The molecule has 0 bridgehead atoms. The van der Waals surface area contributed by atoms with E-state index in [9.17, 15) is 9.90 Å². The van der Waals surface area contributed by atoms with Gasteiger partial charge in [0, 0.05) is 30.4 Å². The van der Waals surface area contributed by atoms with Crippen molar-refractivity contribution in [3.63, 3.8) is 0 Å². The van der Waals surface area contributed by atoms with Crippen molar-refractivity contribution in [2.75, 3.05) is 18.0 Å². The van der Waals surface area contributed by atoms with E-state index in [4.69, 9.17) is 9.72 Å². The Bertz CT molecular complexity index is 1490. The minimum atomic E-state index is -1.09. The molecule has 0 spiro atoms. The smallest absolute Gasteiger partial charge is 0.337 e. The summed E-state index contributed by atoms with van der Waals surface area (Å²) >= 11 is 0. The van der Waals surface area contributed by atoms with Crippen molar-refractivity contribution in [3.05, 3.63) is 78.0 Å². The third kappa shape index (κ3) is 5.71. The van der Waals surface area contributed by atoms with E-state index in [0.717, 1.165) is 65.3 Å². The largest absolute Gasteiger partial charge is 0.479 e. The van der Waals surface area contributed by atoms with Crippen LogP contribution in [-0.4, -0.2) is 39.2 Å². The zero-order valence-electron chi connectivity index (χ0n) is 23.9. The monoisotopic (exact) mass is 525 g/mol. The molecule has 5 rings (SSSR count). The number of pyridine rings is 1. The first-order valence-corrected chi connectivity index (χ1v) is 13.8. The predicted octanol–water partition coefficient (Wildman–Crippen LogP) is 7.54. The van der Waals surface area contributed by atoms with Crippen LogP contribution in [0, 0.1) is 12.3 Å². The lowest BCUT2D eigenvalue weighted by atomic mass is 9.82. The molecule has 0 radical (unpaired) electrons. The number of nitrogens with zero attached hydrogens (tertiary/aromatic N) is 3. The number of piperidine rings is 1. The Hall–Kier alpha value is -3.64. The highest BCUT2D eigenvalue weighted by atomic mass is 16.5. The summed E-state index contributed by atoms with van der Waals surface area (Å²) in [5.74, 6) is -0.114. The number of carbonyl (C=O) groups is 1. The van der Waals surface area contributed by atoms with E-state index in [-0.39, 0.29) is 5.41 Å². The molecule has 2 aromatic carbocycles. The van der Waals surface area contributed by atoms with Gasteiger partial charge in [0.15, 0.2) is 6.10 Å². The van der Waals surface area contributed by atoms with Crippen LogP contribution in [0.4, 0.5) is 5.82 Å². The molecule has 1 fully saturated rings. The highest BCUT2D eigenvalue weighted by Crippen LogP contribution is 2.40. The number of imidazole rings is 1. The molecule has 0 amide bonds. The fourth-order valence-corrected chi connectivity index (χ4v) is 5.43. The van der Waals surface area contributed by atoms with Crippen molar-refractivity contribution in [2.24, 2.45) is 5.41 Å². The van der Waals surface area contributed by atoms with E-state index in [1.807, 2.05) is 58.2 Å². The van der Waals surface area contributed by atoms with Gasteiger partial charge in [-0.1, -0.05) is 62.4 Å². The standard InChI is InChI=1S/C33H39N3O3/c1-22-19-27-34-26(25-14-10-13-24(20-25)23-11-8-7-9-12-23)21-36(27)30(35-17-15-33(5,6)16-18-35)28(22)29(31(37)38)39-32(2,3)4/h7-14,19-21,29H,15-18H2,1-6H3,(H,37,38). The molecule has 0 aliphatic carbocycles. The van der Waals surface area contributed by atoms with Gasteiger partial charge in [0.25, 0.3) is 0 Å². The van der Waals surface area contributed by atoms with Gasteiger partial charge in [-0.3, -0.25) is 4.40 Å². The van der Waals surface area contributed by atoms with Gasteiger partial charge in [-0.2, -0.15) is 0 Å². The summed E-state index contributed by atoms with van der Waals surface area (Å²) in [6, 6.07) is 20.7. The van der Waals surface area contributed by atoms with Crippen molar-refractivity contribution in [2.45, 2.75) is 66.1 Å². The van der Waals surface area contributed by atoms with E-state index in [1.165, 1.54) is 0 Å². The normalized spacial score (nSPS) is 16.4. The quantitative estimate of drug-likeness (QED) is 0.282. The first-order chi connectivity index (χ1) is 18.4. The maximum atomic E-state index is 12.6. The molecule has 3 heterocycles. The number of fused-ring (bicyclic) bond motifs is 1. The number of aromatic nitrogens is 2. The highest BCUT2D eigenvalue weighted by Gasteiger charge is 2.35. The molecule has 6 heteroatoms. The van der Waals surface area contributed by atoms with Crippen LogP contribution in [0.15, 0.2) is 66.9 Å².